The molecular weight excluding hydrogens is 276 g/mol. The SMILES string of the molecule is CCn1cnnc1SCC(=O)Nc1ccc(OC)cc1. The Kier molecular flexibility index (Phi) is 5.00. The van der Waals surface area contributed by atoms with E-state index in [1.54, 1.807) is 37.7 Å². The maximum absolute atomic E-state index is 11.8. The van der Waals surface area contributed by atoms with Gasteiger partial charge in [-0.3, -0.25) is 4.79 Å². The van der Waals surface area contributed by atoms with E-state index in [0.29, 0.717) is 5.75 Å². The van der Waals surface area contributed by atoms with Gasteiger partial charge in [-0.25, -0.2) is 0 Å². The Labute approximate surface area is 121 Å². The minimum absolute atomic E-state index is 0.0779. The summed E-state index contributed by atoms with van der Waals surface area (Å²) in [5.41, 5.74) is 0.744. The Morgan fingerprint density at radius 3 is 2.80 bits per heavy atom. The Hall–Kier alpha value is -2.02. The van der Waals surface area contributed by atoms with Crippen LogP contribution in [0.25, 0.3) is 0 Å². The predicted molar refractivity (Wildman–Crippen MR) is 78.0 cm³/mol. The molecule has 1 N–H and O–H groups in total. The highest BCUT2D eigenvalue weighted by atomic mass is 32.2. The minimum atomic E-state index is -0.0779. The molecule has 106 valence electrons. The zero-order chi connectivity index (χ0) is 14.4. The van der Waals surface area contributed by atoms with Gasteiger partial charge in [-0.15, -0.1) is 10.2 Å². The summed E-state index contributed by atoms with van der Waals surface area (Å²) >= 11 is 1.37. The predicted octanol–water partition coefficient (Wildman–Crippen LogP) is 2.04. The van der Waals surface area contributed by atoms with E-state index in [2.05, 4.69) is 15.5 Å². The number of hydrogen-bond donors (Lipinski definition) is 1. The van der Waals surface area contributed by atoms with E-state index in [1.807, 2.05) is 11.5 Å². The molecule has 0 saturated carbocycles. The highest BCUT2D eigenvalue weighted by Gasteiger charge is 2.08. The third-order valence-corrected chi connectivity index (χ3v) is 3.61. The number of benzene rings is 1. The summed E-state index contributed by atoms with van der Waals surface area (Å²) in [6.07, 6.45) is 1.66. The number of ether oxygens (including phenoxy) is 1. The molecule has 0 saturated heterocycles. The molecule has 0 bridgehead atoms. The summed E-state index contributed by atoms with van der Waals surface area (Å²) in [4.78, 5) is 11.8. The highest BCUT2D eigenvalue weighted by Crippen LogP contribution is 2.17. The second kappa shape index (κ2) is 6.95. The molecule has 2 aromatic rings. The molecule has 7 heteroatoms. The van der Waals surface area contributed by atoms with Crippen LogP contribution < -0.4 is 10.1 Å². The number of amides is 1. The summed E-state index contributed by atoms with van der Waals surface area (Å²) in [5.74, 6) is 0.976. The van der Waals surface area contributed by atoms with E-state index in [9.17, 15) is 4.79 Å². The molecule has 0 aliphatic heterocycles. The van der Waals surface area contributed by atoms with Crippen LogP contribution in [0, 0.1) is 0 Å². The fourth-order valence-corrected chi connectivity index (χ4v) is 2.35. The van der Waals surface area contributed by atoms with Crippen molar-refractivity contribution in [2.75, 3.05) is 18.2 Å². The third-order valence-electron chi connectivity index (χ3n) is 2.63. The average Bonchev–Trinajstić information content (AvgIpc) is 2.93. The molecule has 20 heavy (non-hydrogen) atoms. The van der Waals surface area contributed by atoms with Crippen LogP contribution in [-0.2, 0) is 11.3 Å². The van der Waals surface area contributed by atoms with Crippen molar-refractivity contribution in [1.29, 1.82) is 0 Å². The summed E-state index contributed by atoms with van der Waals surface area (Å²) in [6, 6.07) is 7.21. The molecule has 1 heterocycles. The first-order valence-corrected chi connectivity index (χ1v) is 7.16. The van der Waals surface area contributed by atoms with Crippen LogP contribution in [-0.4, -0.2) is 33.5 Å². The summed E-state index contributed by atoms with van der Waals surface area (Å²) < 4.78 is 6.96. The lowest BCUT2D eigenvalue weighted by Crippen LogP contribution is -2.14. The lowest BCUT2D eigenvalue weighted by atomic mass is 10.3. The molecular formula is C13H16N4O2S. The monoisotopic (exact) mass is 292 g/mol. The van der Waals surface area contributed by atoms with Gasteiger partial charge < -0.3 is 14.6 Å². The quantitative estimate of drug-likeness (QED) is 0.825. The van der Waals surface area contributed by atoms with Crippen LogP contribution in [0.3, 0.4) is 0 Å². The van der Waals surface area contributed by atoms with E-state index >= 15 is 0 Å². The smallest absolute Gasteiger partial charge is 0.234 e. The maximum Gasteiger partial charge on any atom is 0.234 e. The number of rotatable bonds is 6. The molecule has 1 amide bonds. The van der Waals surface area contributed by atoms with Gasteiger partial charge in [0.05, 0.1) is 12.9 Å². The number of carbonyl (C=O) groups is 1. The molecule has 0 radical (unpaired) electrons. The fraction of sp³-hybridized carbons (Fsp3) is 0.308. The molecule has 6 nitrogen and oxygen atoms in total. The number of hydrogen-bond acceptors (Lipinski definition) is 5. The Morgan fingerprint density at radius 2 is 2.15 bits per heavy atom. The van der Waals surface area contributed by atoms with E-state index in [-0.39, 0.29) is 5.91 Å². The molecule has 0 aliphatic carbocycles. The highest BCUT2D eigenvalue weighted by molar-refractivity contribution is 7.99. The average molecular weight is 292 g/mol. The van der Waals surface area contributed by atoms with Crippen molar-refractivity contribution in [3.8, 4) is 5.75 Å². The normalized spacial score (nSPS) is 10.3. The third kappa shape index (κ3) is 3.74. The number of carbonyl (C=O) groups excluding carboxylic acids is 1. The summed E-state index contributed by atoms with van der Waals surface area (Å²) in [7, 11) is 1.61. The number of nitrogens with one attached hydrogen (secondary N) is 1. The van der Waals surface area contributed by atoms with Crippen LogP contribution in [0.2, 0.25) is 0 Å². The molecule has 0 fully saturated rings. The van der Waals surface area contributed by atoms with Gasteiger partial charge in [0.2, 0.25) is 5.91 Å². The Balaban J connectivity index is 1.86. The van der Waals surface area contributed by atoms with E-state index in [0.717, 1.165) is 23.1 Å². The van der Waals surface area contributed by atoms with Crippen molar-refractivity contribution in [2.45, 2.75) is 18.6 Å². The number of nitrogens with zero attached hydrogens (tertiary/aromatic N) is 3. The van der Waals surface area contributed by atoms with Gasteiger partial charge in [0, 0.05) is 12.2 Å². The first-order chi connectivity index (χ1) is 9.72. The van der Waals surface area contributed by atoms with Gasteiger partial charge >= 0.3 is 0 Å². The first kappa shape index (κ1) is 14.4. The molecule has 2 rings (SSSR count). The van der Waals surface area contributed by atoms with Crippen LogP contribution in [0.1, 0.15) is 6.92 Å². The van der Waals surface area contributed by atoms with E-state index < -0.39 is 0 Å². The van der Waals surface area contributed by atoms with Gasteiger partial charge in [0.25, 0.3) is 0 Å². The number of methoxy groups -OCH3 is 1. The lowest BCUT2D eigenvalue weighted by molar-refractivity contribution is -0.113. The van der Waals surface area contributed by atoms with Crippen molar-refractivity contribution < 1.29 is 9.53 Å². The van der Waals surface area contributed by atoms with Crippen LogP contribution >= 0.6 is 11.8 Å². The van der Waals surface area contributed by atoms with Crippen LogP contribution in [0.4, 0.5) is 5.69 Å². The number of aromatic nitrogens is 3. The van der Waals surface area contributed by atoms with Gasteiger partial charge in [0.1, 0.15) is 12.1 Å². The second-order valence-electron chi connectivity index (χ2n) is 3.96. The van der Waals surface area contributed by atoms with E-state index in [1.165, 1.54) is 11.8 Å². The molecule has 1 aromatic carbocycles. The minimum Gasteiger partial charge on any atom is -0.497 e. The largest absolute Gasteiger partial charge is 0.497 e. The summed E-state index contributed by atoms with van der Waals surface area (Å²) in [6.45, 7) is 2.79. The van der Waals surface area contributed by atoms with Gasteiger partial charge in [0.15, 0.2) is 5.16 Å². The first-order valence-electron chi connectivity index (χ1n) is 6.17. The molecule has 0 atom stereocenters. The van der Waals surface area contributed by atoms with Crippen molar-refractivity contribution >= 4 is 23.4 Å². The Morgan fingerprint density at radius 1 is 1.40 bits per heavy atom. The maximum atomic E-state index is 11.8. The van der Waals surface area contributed by atoms with Crippen molar-refractivity contribution in [3.05, 3.63) is 30.6 Å². The molecule has 0 unspecified atom stereocenters. The molecule has 1 aromatic heterocycles. The van der Waals surface area contributed by atoms with Crippen molar-refractivity contribution in [2.24, 2.45) is 0 Å². The van der Waals surface area contributed by atoms with Gasteiger partial charge in [-0.05, 0) is 31.2 Å². The fourth-order valence-electron chi connectivity index (χ4n) is 1.57. The number of anilines is 1. The standard InChI is InChI=1S/C13H16N4O2S/c1-3-17-9-14-16-13(17)20-8-12(18)15-10-4-6-11(19-2)7-5-10/h4-7,9H,3,8H2,1-2H3,(H,15,18). The Bertz CT molecular complexity index is 568. The topological polar surface area (TPSA) is 69.0 Å². The second-order valence-corrected chi connectivity index (χ2v) is 4.91. The van der Waals surface area contributed by atoms with Gasteiger partial charge in [-0.1, -0.05) is 11.8 Å². The zero-order valence-corrected chi connectivity index (χ0v) is 12.2. The van der Waals surface area contributed by atoms with Crippen molar-refractivity contribution in [1.82, 2.24) is 14.8 Å². The zero-order valence-electron chi connectivity index (χ0n) is 11.4. The summed E-state index contributed by atoms with van der Waals surface area (Å²) in [5, 5.41) is 11.4. The number of aryl methyl sites for hydroxylation is 1. The van der Waals surface area contributed by atoms with Crippen LogP contribution in [0.5, 0.6) is 5.75 Å². The number of thioether (sulfide) groups is 1. The van der Waals surface area contributed by atoms with Crippen molar-refractivity contribution in [3.63, 3.8) is 0 Å². The lowest BCUT2D eigenvalue weighted by Gasteiger charge is -2.06. The molecule has 0 spiro atoms. The van der Waals surface area contributed by atoms with Gasteiger partial charge in [-0.2, -0.15) is 0 Å². The van der Waals surface area contributed by atoms with Crippen LogP contribution in [0.15, 0.2) is 35.7 Å². The molecule has 0 aliphatic rings. The van der Waals surface area contributed by atoms with E-state index in [4.69, 9.17) is 4.74 Å².